The summed E-state index contributed by atoms with van der Waals surface area (Å²) in [6.07, 6.45) is 0. The number of hydrogen-bond acceptors (Lipinski definition) is 3. The van der Waals surface area contributed by atoms with Gasteiger partial charge >= 0.3 is 0 Å². The van der Waals surface area contributed by atoms with Gasteiger partial charge in [0.15, 0.2) is 0 Å². The Morgan fingerprint density at radius 2 is 1.54 bits per heavy atom. The number of benzene rings is 3. The molecule has 0 aromatic heterocycles. The van der Waals surface area contributed by atoms with Gasteiger partial charge in [0.05, 0.1) is 16.8 Å². The van der Waals surface area contributed by atoms with Gasteiger partial charge in [0, 0.05) is 0 Å². The highest BCUT2D eigenvalue weighted by atomic mass is 19.1. The van der Waals surface area contributed by atoms with Gasteiger partial charge in [-0.1, -0.05) is 36.4 Å². The lowest BCUT2D eigenvalue weighted by molar-refractivity contribution is 0.0925. The van der Waals surface area contributed by atoms with Crippen molar-refractivity contribution in [1.82, 2.24) is 0 Å². The van der Waals surface area contributed by atoms with Crippen LogP contribution in [0, 0.1) is 5.82 Å². The zero-order chi connectivity index (χ0) is 18.1. The van der Waals surface area contributed by atoms with E-state index in [0.29, 0.717) is 11.4 Å². The van der Waals surface area contributed by atoms with Gasteiger partial charge < -0.3 is 4.74 Å². The second-order valence-electron chi connectivity index (χ2n) is 5.88. The van der Waals surface area contributed by atoms with E-state index < -0.39 is 17.6 Å². The lowest BCUT2D eigenvalue weighted by Crippen LogP contribution is -2.29. The predicted molar refractivity (Wildman–Crippen MR) is 94.8 cm³/mol. The van der Waals surface area contributed by atoms with E-state index in [2.05, 4.69) is 0 Å². The molecule has 2 amide bonds. The Kier molecular flexibility index (Phi) is 3.97. The molecule has 0 radical (unpaired) electrons. The Morgan fingerprint density at radius 3 is 2.27 bits per heavy atom. The van der Waals surface area contributed by atoms with Gasteiger partial charge in [0.2, 0.25) is 0 Å². The third-order valence-electron chi connectivity index (χ3n) is 4.20. The fourth-order valence-corrected chi connectivity index (χ4v) is 2.93. The zero-order valence-electron chi connectivity index (χ0n) is 13.7. The van der Waals surface area contributed by atoms with Gasteiger partial charge in [-0.3, -0.25) is 9.59 Å². The Hall–Kier alpha value is -3.47. The van der Waals surface area contributed by atoms with Crippen molar-refractivity contribution in [1.29, 1.82) is 0 Å². The summed E-state index contributed by atoms with van der Waals surface area (Å²) in [4.78, 5) is 26.6. The lowest BCUT2D eigenvalue weighted by atomic mass is 10.1. The highest BCUT2D eigenvalue weighted by Crippen LogP contribution is 2.34. The topological polar surface area (TPSA) is 46.6 Å². The molecule has 1 heterocycles. The molecule has 4 rings (SSSR count). The fraction of sp³-hybridized carbons (Fsp3) is 0.0476. The summed E-state index contributed by atoms with van der Waals surface area (Å²) >= 11 is 0. The Balaban J connectivity index is 1.66. The number of fused-ring (bicyclic) bond motifs is 1. The van der Waals surface area contributed by atoms with Crippen molar-refractivity contribution >= 4 is 17.5 Å². The van der Waals surface area contributed by atoms with Crippen LogP contribution in [-0.2, 0) is 6.61 Å². The summed E-state index contributed by atoms with van der Waals surface area (Å²) < 4.78 is 18.9. The molecule has 1 aliphatic heterocycles. The largest absolute Gasteiger partial charge is 0.488 e. The van der Waals surface area contributed by atoms with Gasteiger partial charge in [-0.25, -0.2) is 9.29 Å². The third-order valence-corrected chi connectivity index (χ3v) is 4.20. The van der Waals surface area contributed by atoms with E-state index in [9.17, 15) is 14.0 Å². The van der Waals surface area contributed by atoms with Gasteiger partial charge in [0.25, 0.3) is 11.8 Å². The molecule has 3 aromatic carbocycles. The Morgan fingerprint density at radius 1 is 0.808 bits per heavy atom. The monoisotopic (exact) mass is 347 g/mol. The van der Waals surface area contributed by atoms with E-state index in [4.69, 9.17) is 4.74 Å². The van der Waals surface area contributed by atoms with Crippen LogP contribution < -0.4 is 9.64 Å². The molecule has 0 saturated carbocycles. The summed E-state index contributed by atoms with van der Waals surface area (Å²) in [6.45, 7) is 0.287. The number of anilines is 1. The molecule has 1 aliphatic rings. The fourth-order valence-electron chi connectivity index (χ4n) is 2.93. The number of imide groups is 1. The molecule has 4 nitrogen and oxygen atoms in total. The molecular formula is C21H14FNO3. The number of carbonyl (C=O) groups is 2. The molecule has 5 heteroatoms. The van der Waals surface area contributed by atoms with Crippen molar-refractivity contribution in [2.75, 3.05) is 4.90 Å². The van der Waals surface area contributed by atoms with Crippen molar-refractivity contribution in [2.24, 2.45) is 0 Å². The number of hydrogen-bond donors (Lipinski definition) is 0. The predicted octanol–water partition coefficient (Wildman–Crippen LogP) is 4.21. The molecule has 0 bridgehead atoms. The zero-order valence-corrected chi connectivity index (χ0v) is 13.7. The van der Waals surface area contributed by atoms with Crippen molar-refractivity contribution in [3.63, 3.8) is 0 Å². The first-order valence-electron chi connectivity index (χ1n) is 8.09. The van der Waals surface area contributed by atoms with Crippen LogP contribution in [0.25, 0.3) is 0 Å². The van der Waals surface area contributed by atoms with Crippen molar-refractivity contribution in [2.45, 2.75) is 6.61 Å². The first kappa shape index (κ1) is 16.0. The van der Waals surface area contributed by atoms with Crippen LogP contribution in [-0.4, -0.2) is 11.8 Å². The highest BCUT2D eigenvalue weighted by molar-refractivity contribution is 6.35. The Bertz CT molecular complexity index is 984. The van der Waals surface area contributed by atoms with Crippen LogP contribution >= 0.6 is 0 Å². The molecule has 0 unspecified atom stereocenters. The molecule has 3 aromatic rings. The smallest absolute Gasteiger partial charge is 0.269 e. The number of halogens is 1. The number of amides is 2. The minimum atomic E-state index is -0.472. The van der Waals surface area contributed by atoms with Crippen LogP contribution in [0.1, 0.15) is 26.3 Å². The van der Waals surface area contributed by atoms with Gasteiger partial charge in [-0.2, -0.15) is 0 Å². The molecular weight excluding hydrogens is 333 g/mol. The number of carbonyl (C=O) groups excluding carboxylic acids is 2. The highest BCUT2D eigenvalue weighted by Gasteiger charge is 2.39. The van der Waals surface area contributed by atoms with Crippen LogP contribution in [0.2, 0.25) is 0 Å². The second-order valence-corrected chi connectivity index (χ2v) is 5.88. The Labute approximate surface area is 149 Å². The quantitative estimate of drug-likeness (QED) is 0.665. The normalized spacial score (nSPS) is 13.0. The molecule has 0 saturated heterocycles. The molecule has 0 aliphatic carbocycles. The van der Waals surface area contributed by atoms with E-state index in [1.807, 2.05) is 30.3 Å². The van der Waals surface area contributed by atoms with E-state index in [1.165, 1.54) is 24.3 Å². The van der Waals surface area contributed by atoms with Crippen LogP contribution in [0.3, 0.4) is 0 Å². The molecule has 26 heavy (non-hydrogen) atoms. The molecule has 128 valence electrons. The minimum Gasteiger partial charge on any atom is -0.488 e. The maximum atomic E-state index is 13.1. The molecule has 0 N–H and O–H groups in total. The molecule has 0 spiro atoms. The average Bonchev–Trinajstić information content (AvgIpc) is 2.93. The maximum Gasteiger partial charge on any atom is 0.269 e. The first-order chi connectivity index (χ1) is 12.6. The molecule has 0 atom stereocenters. The van der Waals surface area contributed by atoms with E-state index in [-0.39, 0.29) is 17.7 Å². The van der Waals surface area contributed by atoms with Crippen molar-refractivity contribution < 1.29 is 18.7 Å². The van der Waals surface area contributed by atoms with Crippen LogP contribution in [0.4, 0.5) is 10.1 Å². The first-order valence-corrected chi connectivity index (χ1v) is 8.09. The number of ether oxygens (including phenoxy) is 1. The average molecular weight is 347 g/mol. The van der Waals surface area contributed by atoms with Gasteiger partial charge in [-0.15, -0.1) is 0 Å². The van der Waals surface area contributed by atoms with Crippen molar-refractivity contribution in [3.8, 4) is 5.75 Å². The van der Waals surface area contributed by atoms with Crippen LogP contribution in [0.5, 0.6) is 5.75 Å². The number of nitrogens with zero attached hydrogens (tertiary/aromatic N) is 1. The minimum absolute atomic E-state index is 0.234. The molecule has 0 fully saturated rings. The van der Waals surface area contributed by atoms with E-state index in [0.717, 1.165) is 10.5 Å². The third kappa shape index (κ3) is 2.73. The summed E-state index contributed by atoms with van der Waals surface area (Å²) in [5.41, 5.74) is 1.80. The van der Waals surface area contributed by atoms with Gasteiger partial charge in [0.1, 0.15) is 18.2 Å². The van der Waals surface area contributed by atoms with Crippen LogP contribution in [0.15, 0.2) is 72.8 Å². The summed E-state index contributed by atoms with van der Waals surface area (Å²) in [6, 6.07) is 19.7. The van der Waals surface area contributed by atoms with Crippen molar-refractivity contribution in [3.05, 3.63) is 95.3 Å². The maximum absolute atomic E-state index is 13.1. The number of rotatable bonds is 4. The second kappa shape index (κ2) is 6.44. The van der Waals surface area contributed by atoms with E-state index >= 15 is 0 Å². The summed E-state index contributed by atoms with van der Waals surface area (Å²) in [5, 5.41) is 0. The lowest BCUT2D eigenvalue weighted by Gasteiger charge is -2.14. The summed E-state index contributed by atoms with van der Waals surface area (Å²) in [5.74, 6) is -0.992. The van der Waals surface area contributed by atoms with Gasteiger partial charge in [-0.05, 0) is 42.0 Å². The summed E-state index contributed by atoms with van der Waals surface area (Å²) in [7, 11) is 0. The van der Waals surface area contributed by atoms with E-state index in [1.54, 1.807) is 18.2 Å². The SMILES string of the molecule is O=C1c2cccc(OCc3ccccc3)c2C(=O)N1c1ccc(F)cc1. The standard InChI is InChI=1S/C21H14FNO3/c22-15-9-11-16(12-10-15)23-20(24)17-7-4-8-18(19(17)21(23)25)26-13-14-5-2-1-3-6-14/h1-12H,13H2.